The SMILES string of the molecule is C[C@H]1C[C@@H](O)[C@H](CO)O[C@@H]2C[C@@H]3O[C@@H]4[C@@H](C)[C@H](C)C5(CCCO5)O[C@H]4[C@@H](O)[C@H](C)[C@H]3O[C@H]2C1.I.[H-].[K+]. The minimum absolute atomic E-state index is 0. The van der Waals surface area contributed by atoms with E-state index in [4.69, 9.17) is 23.7 Å². The van der Waals surface area contributed by atoms with Crippen LogP contribution in [0.2, 0.25) is 0 Å². The van der Waals surface area contributed by atoms with Crippen LogP contribution in [-0.4, -0.2) is 89.3 Å². The Morgan fingerprint density at radius 2 is 1.54 bits per heavy atom. The van der Waals surface area contributed by atoms with Crippen LogP contribution >= 0.6 is 24.0 Å². The first-order valence-corrected chi connectivity index (χ1v) is 13.0. The minimum atomic E-state index is -0.725. The Kier molecular flexibility index (Phi) is 11.5. The van der Waals surface area contributed by atoms with Gasteiger partial charge in [0.15, 0.2) is 5.79 Å². The predicted octanol–water partition coefficient (Wildman–Crippen LogP) is -0.643. The number of aliphatic hydroxyl groups is 3. The molecule has 14 atom stereocenters. The van der Waals surface area contributed by atoms with Crippen molar-refractivity contribution in [2.24, 2.45) is 23.7 Å². The minimum Gasteiger partial charge on any atom is -1.00 e. The second-order valence-corrected chi connectivity index (χ2v) is 11.4. The van der Waals surface area contributed by atoms with Crippen molar-refractivity contribution in [1.29, 1.82) is 0 Å². The smallest absolute Gasteiger partial charge is 1.00 e. The molecule has 0 aromatic rings. The summed E-state index contributed by atoms with van der Waals surface area (Å²) in [5, 5.41) is 31.8. The van der Waals surface area contributed by atoms with Crippen LogP contribution in [0.15, 0.2) is 0 Å². The van der Waals surface area contributed by atoms with Gasteiger partial charge in [-0.05, 0) is 31.1 Å². The molecule has 1 spiro atoms. The van der Waals surface area contributed by atoms with Gasteiger partial charge in [0, 0.05) is 24.7 Å². The Balaban J connectivity index is 0.00000152. The van der Waals surface area contributed by atoms with Crippen molar-refractivity contribution in [3.63, 3.8) is 0 Å². The Morgan fingerprint density at radius 1 is 0.857 bits per heavy atom. The average Bonchev–Trinajstić information content (AvgIpc) is 3.22. The van der Waals surface area contributed by atoms with Gasteiger partial charge >= 0.3 is 51.4 Å². The molecule has 0 bridgehead atoms. The number of halogens is 1. The van der Waals surface area contributed by atoms with Crippen molar-refractivity contribution in [3.8, 4) is 0 Å². The predicted molar refractivity (Wildman–Crippen MR) is 135 cm³/mol. The van der Waals surface area contributed by atoms with E-state index >= 15 is 0 Å². The first-order chi connectivity index (χ1) is 15.7. The van der Waals surface area contributed by atoms with Gasteiger partial charge in [0.05, 0.1) is 55.9 Å². The summed E-state index contributed by atoms with van der Waals surface area (Å²) in [6, 6.07) is 0. The molecule has 0 aromatic heterocycles. The van der Waals surface area contributed by atoms with Gasteiger partial charge in [0.2, 0.25) is 0 Å². The van der Waals surface area contributed by atoms with Crippen molar-refractivity contribution in [3.05, 3.63) is 0 Å². The fourth-order valence-corrected chi connectivity index (χ4v) is 7.01. The summed E-state index contributed by atoms with van der Waals surface area (Å²) in [5.74, 6) is -0.297. The third kappa shape index (κ3) is 5.92. The molecule has 0 radical (unpaired) electrons. The van der Waals surface area contributed by atoms with E-state index in [0.29, 0.717) is 19.4 Å². The van der Waals surface area contributed by atoms with Gasteiger partial charge in [-0.2, -0.15) is 0 Å². The summed E-state index contributed by atoms with van der Waals surface area (Å²) in [7, 11) is 0. The van der Waals surface area contributed by atoms with Gasteiger partial charge < -0.3 is 40.4 Å². The van der Waals surface area contributed by atoms with Crippen LogP contribution in [0.1, 0.15) is 61.2 Å². The number of aliphatic hydroxyl groups excluding tert-OH is 3. The Hall–Kier alpha value is 2.05. The Morgan fingerprint density at radius 3 is 2.20 bits per heavy atom. The molecule has 0 amide bonds. The second kappa shape index (κ2) is 12.7. The van der Waals surface area contributed by atoms with Crippen molar-refractivity contribution < 1.29 is 91.8 Å². The largest absolute Gasteiger partial charge is 1.00 e. The summed E-state index contributed by atoms with van der Waals surface area (Å²) in [4.78, 5) is 0. The van der Waals surface area contributed by atoms with E-state index in [1.807, 2.05) is 6.92 Å². The summed E-state index contributed by atoms with van der Waals surface area (Å²) >= 11 is 0. The molecule has 10 heteroatoms. The summed E-state index contributed by atoms with van der Waals surface area (Å²) in [6.45, 7) is 8.92. The van der Waals surface area contributed by atoms with E-state index in [1.54, 1.807) is 0 Å². The second-order valence-electron chi connectivity index (χ2n) is 11.4. The average molecular weight is 639 g/mol. The van der Waals surface area contributed by atoms with E-state index in [0.717, 1.165) is 19.3 Å². The number of ether oxygens (including phenoxy) is 5. The van der Waals surface area contributed by atoms with Crippen molar-refractivity contribution in [2.45, 2.75) is 121 Å². The quantitative estimate of drug-likeness (QED) is 0.258. The van der Waals surface area contributed by atoms with Crippen molar-refractivity contribution in [2.75, 3.05) is 13.2 Å². The van der Waals surface area contributed by atoms with Crippen LogP contribution in [0.25, 0.3) is 0 Å². The third-order valence-electron chi connectivity index (χ3n) is 9.22. The molecule has 0 saturated carbocycles. The van der Waals surface area contributed by atoms with Gasteiger partial charge in [0.1, 0.15) is 12.2 Å². The maximum Gasteiger partial charge on any atom is 1.00 e. The number of hydrogen-bond acceptors (Lipinski definition) is 8. The molecule has 1 unspecified atom stereocenters. The molecule has 5 aliphatic rings. The van der Waals surface area contributed by atoms with Crippen LogP contribution in [0.4, 0.5) is 0 Å². The van der Waals surface area contributed by atoms with Gasteiger partial charge in [-0.15, -0.1) is 24.0 Å². The maximum absolute atomic E-state index is 11.5. The zero-order chi connectivity index (χ0) is 23.5. The van der Waals surface area contributed by atoms with E-state index in [2.05, 4.69) is 20.8 Å². The maximum atomic E-state index is 11.5. The Bertz CT molecular complexity index is 703. The summed E-state index contributed by atoms with van der Waals surface area (Å²) < 4.78 is 32.2. The van der Waals surface area contributed by atoms with E-state index in [9.17, 15) is 15.3 Å². The number of hydrogen-bond donors (Lipinski definition) is 3. The first kappa shape index (κ1) is 31.6. The van der Waals surface area contributed by atoms with Gasteiger partial charge in [-0.3, -0.25) is 0 Å². The van der Waals surface area contributed by atoms with Crippen molar-refractivity contribution in [1.82, 2.24) is 0 Å². The van der Waals surface area contributed by atoms with Crippen LogP contribution in [-0.2, 0) is 23.7 Å². The van der Waals surface area contributed by atoms with Crippen LogP contribution < -0.4 is 51.4 Å². The first-order valence-electron chi connectivity index (χ1n) is 13.0. The molecule has 5 fully saturated rings. The molecule has 35 heavy (non-hydrogen) atoms. The molecule has 8 nitrogen and oxygen atoms in total. The van der Waals surface area contributed by atoms with Crippen LogP contribution in [0, 0.1) is 23.7 Å². The molecule has 5 rings (SSSR count). The number of fused-ring (bicyclic) bond motifs is 3. The van der Waals surface area contributed by atoms with Crippen LogP contribution in [0.5, 0.6) is 0 Å². The normalized spacial score (nSPS) is 54.1. The van der Waals surface area contributed by atoms with Gasteiger partial charge in [0.25, 0.3) is 0 Å². The molecule has 5 aliphatic heterocycles. The molecule has 5 saturated heterocycles. The summed E-state index contributed by atoms with van der Waals surface area (Å²) in [5.41, 5.74) is 0. The topological polar surface area (TPSA) is 107 Å². The fourth-order valence-electron chi connectivity index (χ4n) is 7.01. The molecule has 200 valence electrons. The summed E-state index contributed by atoms with van der Waals surface area (Å²) in [6.07, 6.45) is -0.0180. The molecule has 0 aromatic carbocycles. The standard InChI is InChI=1S/C25H42O8.HI.K.H/c1-12-8-16(27)20(11-26)30-18-10-19-22(31-17(18)9-12)14(3)21(28)24-23(32-19)13(2)15(4)25(33-24)6-5-7-29-25;;;/h12-24,26-28H,5-11H2,1-4H3;1H;;/q;;+1;-1/t12-,13-,14-,15-,16+,17-,18+,19-,20-,21-,22+,23+,24-,25?;;;/m0.../s1. The van der Waals surface area contributed by atoms with Crippen molar-refractivity contribution >= 4 is 24.0 Å². The Labute approximate surface area is 270 Å². The van der Waals surface area contributed by atoms with Gasteiger partial charge in [-0.1, -0.05) is 27.7 Å². The number of rotatable bonds is 1. The molecular weight excluding hydrogens is 594 g/mol. The monoisotopic (exact) mass is 638 g/mol. The molecular formula is C25H44IKO8. The van der Waals surface area contributed by atoms with E-state index in [1.165, 1.54) is 0 Å². The van der Waals surface area contributed by atoms with Crippen LogP contribution in [0.3, 0.4) is 0 Å². The molecule has 0 aliphatic carbocycles. The van der Waals surface area contributed by atoms with E-state index in [-0.39, 0.29) is 138 Å². The zero-order valence-corrected chi connectivity index (χ0v) is 27.2. The molecule has 3 N–H and O–H groups in total. The zero-order valence-electron chi connectivity index (χ0n) is 22.7. The third-order valence-corrected chi connectivity index (χ3v) is 9.22. The van der Waals surface area contributed by atoms with E-state index < -0.39 is 30.2 Å². The van der Waals surface area contributed by atoms with Gasteiger partial charge in [-0.25, -0.2) is 0 Å². The molecule has 5 heterocycles. The fraction of sp³-hybridized carbons (Fsp3) is 1.00.